The van der Waals surface area contributed by atoms with Gasteiger partial charge in [0.05, 0.1) is 6.10 Å². The lowest BCUT2D eigenvalue weighted by Crippen LogP contribution is -2.09. The van der Waals surface area contributed by atoms with Crippen LogP contribution in [0.15, 0.2) is 12.1 Å². The highest BCUT2D eigenvalue weighted by Crippen LogP contribution is 2.44. The van der Waals surface area contributed by atoms with E-state index in [2.05, 4.69) is 0 Å². The molecule has 2 rings (SSSR count). The van der Waals surface area contributed by atoms with Gasteiger partial charge < -0.3 is 10.8 Å². The lowest BCUT2D eigenvalue weighted by atomic mass is 10.0. The van der Waals surface area contributed by atoms with Gasteiger partial charge in [0.1, 0.15) is 0 Å². The van der Waals surface area contributed by atoms with E-state index in [-0.39, 0.29) is 5.92 Å². The highest BCUT2D eigenvalue weighted by molar-refractivity contribution is 6.35. The smallest absolute Gasteiger partial charge is 0.0813 e. The van der Waals surface area contributed by atoms with Crippen LogP contribution in [0, 0.1) is 0 Å². The molecule has 4 heteroatoms. The Kier molecular flexibility index (Phi) is 2.71. The van der Waals surface area contributed by atoms with Crippen LogP contribution < -0.4 is 5.73 Å². The van der Waals surface area contributed by atoms with Gasteiger partial charge in [-0.25, -0.2) is 0 Å². The third-order valence-corrected chi connectivity index (χ3v) is 3.22. The molecular weight excluding hydrogens is 221 g/mol. The Balaban J connectivity index is 2.56. The van der Waals surface area contributed by atoms with Crippen LogP contribution in [0.2, 0.25) is 10.0 Å². The van der Waals surface area contributed by atoms with Crippen molar-refractivity contribution in [2.45, 2.75) is 18.4 Å². The van der Waals surface area contributed by atoms with Crippen LogP contribution in [0.5, 0.6) is 0 Å². The molecule has 0 saturated carbocycles. The number of fused-ring (bicyclic) bond motifs is 1. The van der Waals surface area contributed by atoms with E-state index in [4.69, 9.17) is 28.9 Å². The van der Waals surface area contributed by atoms with Crippen molar-refractivity contribution in [3.05, 3.63) is 33.3 Å². The van der Waals surface area contributed by atoms with Crippen molar-refractivity contribution in [1.29, 1.82) is 0 Å². The van der Waals surface area contributed by atoms with Crippen LogP contribution >= 0.6 is 23.2 Å². The molecule has 0 fully saturated rings. The molecule has 1 aliphatic rings. The second-order valence-electron chi connectivity index (χ2n) is 3.57. The number of halogens is 2. The van der Waals surface area contributed by atoms with E-state index in [1.807, 2.05) is 6.07 Å². The molecule has 0 amide bonds. The van der Waals surface area contributed by atoms with E-state index >= 15 is 0 Å². The van der Waals surface area contributed by atoms with Gasteiger partial charge in [0, 0.05) is 15.6 Å². The fraction of sp³-hybridized carbons (Fsp3) is 0.400. The molecular formula is C10H11Cl2NO. The second kappa shape index (κ2) is 3.70. The van der Waals surface area contributed by atoms with E-state index in [1.54, 1.807) is 6.07 Å². The zero-order valence-electron chi connectivity index (χ0n) is 7.50. The minimum Gasteiger partial charge on any atom is -0.388 e. The molecule has 0 spiro atoms. The van der Waals surface area contributed by atoms with E-state index < -0.39 is 6.10 Å². The first-order valence-corrected chi connectivity index (χ1v) is 5.26. The zero-order valence-corrected chi connectivity index (χ0v) is 9.02. The van der Waals surface area contributed by atoms with E-state index in [0.717, 1.165) is 11.1 Å². The summed E-state index contributed by atoms with van der Waals surface area (Å²) in [6, 6.07) is 3.50. The van der Waals surface area contributed by atoms with Crippen molar-refractivity contribution in [1.82, 2.24) is 0 Å². The van der Waals surface area contributed by atoms with Gasteiger partial charge in [-0.05, 0) is 36.6 Å². The molecule has 0 aliphatic heterocycles. The molecule has 76 valence electrons. The number of rotatable bonds is 1. The van der Waals surface area contributed by atoms with Crippen molar-refractivity contribution in [3.63, 3.8) is 0 Å². The quantitative estimate of drug-likeness (QED) is 0.781. The molecule has 2 unspecified atom stereocenters. The predicted octanol–water partition coefficient (Wildman–Crippen LogP) is 2.47. The van der Waals surface area contributed by atoms with Crippen LogP contribution in [0.3, 0.4) is 0 Å². The monoisotopic (exact) mass is 231 g/mol. The minimum atomic E-state index is -0.497. The SMILES string of the molecule is NCC1CC(O)c2c(Cl)cc(Cl)cc21. The van der Waals surface area contributed by atoms with Crippen molar-refractivity contribution < 1.29 is 5.11 Å². The van der Waals surface area contributed by atoms with Crippen LogP contribution in [0.1, 0.15) is 29.6 Å². The minimum absolute atomic E-state index is 0.177. The van der Waals surface area contributed by atoms with Gasteiger partial charge in [0.15, 0.2) is 0 Å². The standard InChI is InChI=1S/C10H11Cl2NO/c11-6-2-7-5(4-13)1-9(14)10(7)8(12)3-6/h2-3,5,9,14H,1,4,13H2. The highest BCUT2D eigenvalue weighted by atomic mass is 35.5. The number of hydrogen-bond donors (Lipinski definition) is 2. The molecule has 3 N–H and O–H groups in total. The highest BCUT2D eigenvalue weighted by Gasteiger charge is 2.31. The van der Waals surface area contributed by atoms with Gasteiger partial charge in [0.2, 0.25) is 0 Å². The zero-order chi connectivity index (χ0) is 10.3. The molecule has 1 aromatic rings. The van der Waals surface area contributed by atoms with Crippen molar-refractivity contribution >= 4 is 23.2 Å². The Morgan fingerprint density at radius 2 is 2.14 bits per heavy atom. The third-order valence-electron chi connectivity index (χ3n) is 2.69. The molecule has 0 aromatic heterocycles. The molecule has 14 heavy (non-hydrogen) atoms. The van der Waals surface area contributed by atoms with Gasteiger partial charge in [-0.2, -0.15) is 0 Å². The Labute approximate surface area is 92.6 Å². The first kappa shape index (κ1) is 10.2. The normalized spacial score (nSPS) is 25.1. The molecule has 1 aromatic carbocycles. The Bertz CT molecular complexity index is 367. The fourth-order valence-corrected chi connectivity index (χ4v) is 2.67. The number of hydrogen-bond acceptors (Lipinski definition) is 2. The topological polar surface area (TPSA) is 46.2 Å². The number of aliphatic hydroxyl groups is 1. The van der Waals surface area contributed by atoms with E-state index in [1.165, 1.54) is 0 Å². The van der Waals surface area contributed by atoms with Crippen LogP contribution in [-0.2, 0) is 0 Å². The van der Waals surface area contributed by atoms with Crippen LogP contribution in [0.25, 0.3) is 0 Å². The summed E-state index contributed by atoms with van der Waals surface area (Å²) in [5, 5.41) is 10.9. The summed E-state index contributed by atoms with van der Waals surface area (Å²) in [4.78, 5) is 0. The van der Waals surface area contributed by atoms with Gasteiger partial charge in [-0.3, -0.25) is 0 Å². The molecule has 0 radical (unpaired) electrons. The molecule has 0 bridgehead atoms. The first-order valence-electron chi connectivity index (χ1n) is 4.50. The number of benzene rings is 1. The summed E-state index contributed by atoms with van der Waals surface area (Å²) in [7, 11) is 0. The Hall–Kier alpha value is -0.280. The second-order valence-corrected chi connectivity index (χ2v) is 4.42. The third kappa shape index (κ3) is 1.52. The number of nitrogens with two attached hydrogens (primary N) is 1. The van der Waals surface area contributed by atoms with E-state index in [9.17, 15) is 5.11 Å². The van der Waals surface area contributed by atoms with Gasteiger partial charge in [-0.15, -0.1) is 0 Å². The summed E-state index contributed by atoms with van der Waals surface area (Å²) < 4.78 is 0. The lowest BCUT2D eigenvalue weighted by Gasteiger charge is -2.08. The predicted molar refractivity (Wildman–Crippen MR) is 57.8 cm³/mol. The van der Waals surface area contributed by atoms with Crippen molar-refractivity contribution in [2.75, 3.05) is 6.54 Å². The molecule has 2 nitrogen and oxygen atoms in total. The first-order chi connectivity index (χ1) is 6.63. The number of aliphatic hydroxyl groups excluding tert-OH is 1. The van der Waals surface area contributed by atoms with Crippen LogP contribution in [-0.4, -0.2) is 11.7 Å². The molecule has 1 aliphatic carbocycles. The van der Waals surface area contributed by atoms with Crippen molar-refractivity contribution in [3.8, 4) is 0 Å². The summed E-state index contributed by atoms with van der Waals surface area (Å²) in [6.07, 6.45) is 0.148. The molecule has 2 atom stereocenters. The average molecular weight is 232 g/mol. The summed E-state index contributed by atoms with van der Waals surface area (Å²) in [5.74, 6) is 0.177. The maximum Gasteiger partial charge on any atom is 0.0813 e. The van der Waals surface area contributed by atoms with Gasteiger partial charge >= 0.3 is 0 Å². The Morgan fingerprint density at radius 1 is 1.43 bits per heavy atom. The maximum absolute atomic E-state index is 9.77. The lowest BCUT2D eigenvalue weighted by molar-refractivity contribution is 0.174. The van der Waals surface area contributed by atoms with E-state index in [0.29, 0.717) is 23.0 Å². The van der Waals surface area contributed by atoms with Gasteiger partial charge in [0.25, 0.3) is 0 Å². The average Bonchev–Trinajstić information content (AvgIpc) is 2.42. The largest absolute Gasteiger partial charge is 0.388 e. The Morgan fingerprint density at radius 3 is 2.79 bits per heavy atom. The molecule has 0 saturated heterocycles. The molecule has 0 heterocycles. The summed E-state index contributed by atoms with van der Waals surface area (Å²) >= 11 is 11.9. The van der Waals surface area contributed by atoms with Gasteiger partial charge in [-0.1, -0.05) is 23.2 Å². The summed E-state index contributed by atoms with van der Waals surface area (Å²) in [5.41, 5.74) is 7.41. The summed E-state index contributed by atoms with van der Waals surface area (Å²) in [6.45, 7) is 0.515. The van der Waals surface area contributed by atoms with Crippen LogP contribution in [0.4, 0.5) is 0 Å². The van der Waals surface area contributed by atoms with Crippen molar-refractivity contribution in [2.24, 2.45) is 5.73 Å². The maximum atomic E-state index is 9.77. The fourth-order valence-electron chi connectivity index (χ4n) is 2.03.